The van der Waals surface area contributed by atoms with E-state index >= 15 is 0 Å². The highest BCUT2D eigenvalue weighted by Gasteiger charge is 2.30. The first-order chi connectivity index (χ1) is 16.5. The first-order valence-electron chi connectivity index (χ1n) is 10.7. The van der Waals surface area contributed by atoms with Gasteiger partial charge in [-0.15, -0.1) is 0 Å². The first-order valence-corrected chi connectivity index (χ1v) is 10.7. The fourth-order valence-corrected chi connectivity index (χ4v) is 3.74. The van der Waals surface area contributed by atoms with Crippen LogP contribution in [0.3, 0.4) is 0 Å². The predicted octanol–water partition coefficient (Wildman–Crippen LogP) is 1.53. The van der Waals surface area contributed by atoms with Gasteiger partial charge in [0.2, 0.25) is 0 Å². The van der Waals surface area contributed by atoms with E-state index in [1.54, 1.807) is 42.7 Å². The molecule has 0 bridgehead atoms. The van der Waals surface area contributed by atoms with Crippen LogP contribution < -0.4 is 20.7 Å². The third-order valence-electron chi connectivity index (χ3n) is 5.65. The minimum absolute atomic E-state index is 0.112. The Morgan fingerprint density at radius 1 is 0.882 bits per heavy atom. The highest BCUT2D eigenvalue weighted by atomic mass is 16.5. The normalized spacial score (nSPS) is 17.1. The maximum absolute atomic E-state index is 12.8. The number of ether oxygens (including phenoxy) is 1. The summed E-state index contributed by atoms with van der Waals surface area (Å²) in [5.41, 5.74) is 1.30. The molecule has 174 valence electrons. The Hall–Kier alpha value is -4.24. The third-order valence-corrected chi connectivity index (χ3v) is 5.65. The molecular formula is C25H24N4O5. The molecule has 2 aromatic carbocycles. The van der Waals surface area contributed by atoms with Gasteiger partial charge in [-0.1, -0.05) is 12.1 Å². The van der Waals surface area contributed by atoms with Crippen LogP contribution in [-0.2, 0) is 0 Å². The van der Waals surface area contributed by atoms with E-state index in [0.717, 1.165) is 0 Å². The zero-order valence-electron chi connectivity index (χ0n) is 18.4. The summed E-state index contributed by atoms with van der Waals surface area (Å²) in [6.07, 6.45) is 3.09. The molecule has 1 unspecified atom stereocenters. The van der Waals surface area contributed by atoms with Crippen LogP contribution in [0.25, 0.3) is 0 Å². The van der Waals surface area contributed by atoms with Crippen LogP contribution in [0.15, 0.2) is 67.0 Å². The lowest BCUT2D eigenvalue weighted by molar-refractivity contribution is 0.0896. The summed E-state index contributed by atoms with van der Waals surface area (Å²) >= 11 is 0. The summed E-state index contributed by atoms with van der Waals surface area (Å²) in [7, 11) is 1.48. The van der Waals surface area contributed by atoms with Gasteiger partial charge in [0.25, 0.3) is 11.8 Å². The molecule has 1 saturated heterocycles. The molecule has 0 spiro atoms. The second-order valence-corrected chi connectivity index (χ2v) is 7.84. The Labute approximate surface area is 196 Å². The Morgan fingerprint density at radius 2 is 1.44 bits per heavy atom. The molecule has 2 atom stereocenters. The number of phenolic OH excluding ortho intramolecular Hbond substituents is 1. The van der Waals surface area contributed by atoms with Crippen molar-refractivity contribution >= 4 is 17.6 Å². The van der Waals surface area contributed by atoms with E-state index in [-0.39, 0.29) is 41.0 Å². The van der Waals surface area contributed by atoms with E-state index in [1.807, 2.05) is 0 Å². The van der Waals surface area contributed by atoms with Crippen LogP contribution >= 0.6 is 0 Å². The standard InChI is InChI=1S/C25H24N4O5/c1-34-18-6-7-22(30)19(12-18)23(31)15-2-4-16(5-3-15)24(32)28-20-13-27-14-21(20)29-25(33)17-8-10-26-11-9-17/h2-12,20-21,27,30H,13-14H2,1H3,(H,28,32)(H,29,33)/t20?,21-/m1/s1. The second kappa shape index (κ2) is 10.1. The maximum atomic E-state index is 12.8. The Bertz CT molecular complexity index is 1200. The fraction of sp³-hybridized carbons (Fsp3) is 0.200. The summed E-state index contributed by atoms with van der Waals surface area (Å²) in [5, 5.41) is 19.1. The molecule has 0 radical (unpaired) electrons. The molecule has 0 saturated carbocycles. The molecule has 3 aromatic rings. The summed E-state index contributed by atoms with van der Waals surface area (Å²) in [6, 6.07) is 13.3. The van der Waals surface area contributed by atoms with Gasteiger partial charge in [-0.3, -0.25) is 19.4 Å². The van der Waals surface area contributed by atoms with Crippen molar-refractivity contribution in [3.63, 3.8) is 0 Å². The molecule has 34 heavy (non-hydrogen) atoms. The third kappa shape index (κ3) is 5.05. The van der Waals surface area contributed by atoms with Crippen LogP contribution in [0.4, 0.5) is 0 Å². The number of pyridine rings is 1. The van der Waals surface area contributed by atoms with E-state index < -0.39 is 0 Å². The number of nitrogens with one attached hydrogen (secondary N) is 3. The van der Waals surface area contributed by atoms with Gasteiger partial charge in [0.15, 0.2) is 5.78 Å². The molecule has 1 fully saturated rings. The number of aromatic hydroxyl groups is 1. The zero-order chi connectivity index (χ0) is 24.1. The molecule has 2 heterocycles. The lowest BCUT2D eigenvalue weighted by atomic mass is 10.0. The summed E-state index contributed by atoms with van der Waals surface area (Å²) in [5.74, 6) is -0.643. The highest BCUT2D eigenvalue weighted by Crippen LogP contribution is 2.25. The molecule has 1 aliphatic rings. The van der Waals surface area contributed by atoms with Gasteiger partial charge in [-0.2, -0.15) is 0 Å². The molecule has 9 heteroatoms. The molecule has 0 aliphatic carbocycles. The average molecular weight is 460 g/mol. The second-order valence-electron chi connectivity index (χ2n) is 7.84. The van der Waals surface area contributed by atoms with E-state index in [2.05, 4.69) is 20.9 Å². The average Bonchev–Trinajstić information content (AvgIpc) is 3.30. The van der Waals surface area contributed by atoms with E-state index in [4.69, 9.17) is 4.74 Å². The number of carbonyl (C=O) groups excluding carboxylic acids is 3. The van der Waals surface area contributed by atoms with Crippen LogP contribution in [0.1, 0.15) is 36.6 Å². The summed E-state index contributed by atoms with van der Waals surface area (Å²) < 4.78 is 5.12. The van der Waals surface area contributed by atoms with Crippen molar-refractivity contribution in [1.82, 2.24) is 20.9 Å². The van der Waals surface area contributed by atoms with E-state index in [9.17, 15) is 19.5 Å². The Morgan fingerprint density at radius 3 is 2.03 bits per heavy atom. The van der Waals surface area contributed by atoms with Crippen molar-refractivity contribution < 1.29 is 24.2 Å². The molecule has 9 nitrogen and oxygen atoms in total. The summed E-state index contributed by atoms with van der Waals surface area (Å²) in [4.78, 5) is 41.9. The maximum Gasteiger partial charge on any atom is 0.251 e. The minimum Gasteiger partial charge on any atom is -0.507 e. The molecule has 1 aliphatic heterocycles. The number of phenols is 1. The number of nitrogens with zero attached hydrogens (tertiary/aromatic N) is 1. The number of carbonyl (C=O) groups is 3. The van der Waals surface area contributed by atoms with Gasteiger partial charge in [0, 0.05) is 42.2 Å². The van der Waals surface area contributed by atoms with Crippen molar-refractivity contribution in [2.75, 3.05) is 20.2 Å². The van der Waals surface area contributed by atoms with Crippen LogP contribution in [0.5, 0.6) is 11.5 Å². The number of rotatable bonds is 7. The molecule has 2 amide bonds. The van der Waals surface area contributed by atoms with Gasteiger partial charge in [-0.25, -0.2) is 0 Å². The topological polar surface area (TPSA) is 130 Å². The zero-order valence-corrected chi connectivity index (χ0v) is 18.4. The van der Waals surface area contributed by atoms with Gasteiger partial charge in [0.05, 0.1) is 24.8 Å². The van der Waals surface area contributed by atoms with Crippen molar-refractivity contribution in [3.05, 3.63) is 89.2 Å². The summed E-state index contributed by atoms with van der Waals surface area (Å²) in [6.45, 7) is 1.04. The number of aromatic nitrogens is 1. The minimum atomic E-state index is -0.387. The van der Waals surface area contributed by atoms with E-state index in [1.165, 1.54) is 31.4 Å². The lowest BCUT2D eigenvalue weighted by Gasteiger charge is -2.21. The van der Waals surface area contributed by atoms with Crippen molar-refractivity contribution in [3.8, 4) is 11.5 Å². The van der Waals surface area contributed by atoms with Crippen LogP contribution in [0, 0.1) is 0 Å². The first kappa shape index (κ1) is 22.9. The van der Waals surface area contributed by atoms with Crippen LogP contribution in [-0.4, -0.2) is 60.0 Å². The monoisotopic (exact) mass is 460 g/mol. The Kier molecular flexibility index (Phi) is 6.84. The van der Waals surface area contributed by atoms with Gasteiger partial charge in [0.1, 0.15) is 11.5 Å². The number of methoxy groups -OCH3 is 1. The highest BCUT2D eigenvalue weighted by molar-refractivity contribution is 6.11. The van der Waals surface area contributed by atoms with Crippen molar-refractivity contribution in [1.29, 1.82) is 0 Å². The molecular weight excluding hydrogens is 436 g/mol. The van der Waals surface area contributed by atoms with Crippen molar-refractivity contribution in [2.45, 2.75) is 12.1 Å². The molecule has 1 aromatic heterocycles. The molecule has 4 rings (SSSR count). The smallest absolute Gasteiger partial charge is 0.251 e. The fourth-order valence-electron chi connectivity index (χ4n) is 3.74. The number of hydrogen-bond donors (Lipinski definition) is 4. The molecule has 4 N–H and O–H groups in total. The van der Waals surface area contributed by atoms with Crippen LogP contribution in [0.2, 0.25) is 0 Å². The van der Waals surface area contributed by atoms with E-state index in [0.29, 0.717) is 35.5 Å². The largest absolute Gasteiger partial charge is 0.507 e. The Balaban J connectivity index is 1.40. The SMILES string of the molecule is COc1ccc(O)c(C(=O)c2ccc(C(=O)NC3CNC[C@H]3NC(=O)c3ccncc3)cc2)c1. The van der Waals surface area contributed by atoms with Gasteiger partial charge < -0.3 is 25.8 Å². The van der Waals surface area contributed by atoms with Gasteiger partial charge >= 0.3 is 0 Å². The lowest BCUT2D eigenvalue weighted by Crippen LogP contribution is -2.51. The number of amides is 2. The number of hydrogen-bond acceptors (Lipinski definition) is 7. The number of ketones is 1. The predicted molar refractivity (Wildman–Crippen MR) is 124 cm³/mol. The number of benzene rings is 2. The van der Waals surface area contributed by atoms with Gasteiger partial charge in [-0.05, 0) is 42.5 Å². The van der Waals surface area contributed by atoms with Crippen molar-refractivity contribution in [2.24, 2.45) is 0 Å². The quantitative estimate of drug-likeness (QED) is 0.394.